The van der Waals surface area contributed by atoms with Crippen LogP contribution >= 0.6 is 0 Å². The van der Waals surface area contributed by atoms with Gasteiger partial charge in [-0.2, -0.15) is 5.10 Å². The van der Waals surface area contributed by atoms with E-state index in [0.717, 1.165) is 36.4 Å². The van der Waals surface area contributed by atoms with Crippen molar-refractivity contribution in [2.45, 2.75) is 45.6 Å². The Kier molecular flexibility index (Phi) is 4.42. The molecule has 7 nitrogen and oxygen atoms in total. The molecule has 3 aromatic rings. The zero-order valence-electron chi connectivity index (χ0n) is 17.2. The first kappa shape index (κ1) is 18.4. The first-order chi connectivity index (χ1) is 14.0. The molecule has 6 rings (SSSR count). The number of piperidine rings is 3. The number of benzene rings is 1. The Balaban J connectivity index is 1.45. The Labute approximate surface area is 170 Å². The molecule has 3 aliphatic rings. The number of amides is 1. The van der Waals surface area contributed by atoms with Gasteiger partial charge in [-0.25, -0.2) is 4.98 Å². The molecule has 0 spiro atoms. The van der Waals surface area contributed by atoms with E-state index >= 15 is 0 Å². The molecule has 1 aromatic carbocycles. The summed E-state index contributed by atoms with van der Waals surface area (Å²) in [6.07, 6.45) is 2.34. The number of carbonyl (C=O) groups excluding carboxylic acids is 1. The number of hydrogen-bond acceptors (Lipinski definition) is 4. The molecule has 2 bridgehead atoms. The monoisotopic (exact) mass is 392 g/mol. The van der Waals surface area contributed by atoms with Gasteiger partial charge in [0.05, 0.1) is 16.6 Å². The minimum atomic E-state index is -0.0617. The molecule has 29 heavy (non-hydrogen) atoms. The second kappa shape index (κ2) is 6.99. The second-order valence-corrected chi connectivity index (χ2v) is 8.81. The standard InChI is InChI=1S/C22H28N6O/c1-12(2)15-4-5-16-17(10-15)24-21(23-16)20-19(13(3)26-27-20)22(29)25-18-11-28-8-6-14(18)7-9-28/h4-5,10,12,14,18H,6-9,11H2,1-3H3,(H,23,24)(H,25,29)(H,26,27). The number of nitrogens with zero attached hydrogens (tertiary/aromatic N) is 3. The molecule has 152 valence electrons. The van der Waals surface area contributed by atoms with Crippen molar-refractivity contribution in [1.29, 1.82) is 0 Å². The normalized spacial score (nSPS) is 23.8. The lowest BCUT2D eigenvalue weighted by Crippen LogP contribution is -2.57. The molecule has 3 aliphatic heterocycles. The average molecular weight is 393 g/mol. The number of fused-ring (bicyclic) bond motifs is 4. The van der Waals surface area contributed by atoms with Crippen molar-refractivity contribution in [3.8, 4) is 11.5 Å². The van der Waals surface area contributed by atoms with Gasteiger partial charge in [0.25, 0.3) is 5.91 Å². The highest BCUT2D eigenvalue weighted by Gasteiger charge is 2.36. The van der Waals surface area contributed by atoms with Crippen molar-refractivity contribution in [2.75, 3.05) is 19.6 Å². The molecule has 0 radical (unpaired) electrons. The number of H-pyrrole nitrogens is 2. The smallest absolute Gasteiger partial charge is 0.255 e. The lowest BCUT2D eigenvalue weighted by molar-refractivity contribution is 0.0620. The number of carbonyl (C=O) groups is 1. The van der Waals surface area contributed by atoms with Gasteiger partial charge in [-0.1, -0.05) is 19.9 Å². The topological polar surface area (TPSA) is 89.7 Å². The summed E-state index contributed by atoms with van der Waals surface area (Å²) in [6.45, 7) is 9.50. The van der Waals surface area contributed by atoms with Crippen molar-refractivity contribution in [3.63, 3.8) is 0 Å². The predicted octanol–water partition coefficient (Wildman–Crippen LogP) is 3.21. The molecular formula is C22H28N6O. The van der Waals surface area contributed by atoms with E-state index in [1.807, 2.05) is 13.0 Å². The van der Waals surface area contributed by atoms with Gasteiger partial charge in [-0.05, 0) is 62.4 Å². The molecule has 3 fully saturated rings. The van der Waals surface area contributed by atoms with Crippen LogP contribution in [0.1, 0.15) is 54.2 Å². The van der Waals surface area contributed by atoms with Gasteiger partial charge >= 0.3 is 0 Å². The first-order valence-corrected chi connectivity index (χ1v) is 10.6. The number of aromatic nitrogens is 4. The number of imidazole rings is 1. The highest BCUT2D eigenvalue weighted by molar-refractivity contribution is 6.01. The summed E-state index contributed by atoms with van der Waals surface area (Å²) in [5, 5.41) is 10.7. The molecule has 7 heteroatoms. The van der Waals surface area contributed by atoms with Crippen molar-refractivity contribution in [1.82, 2.24) is 30.4 Å². The maximum absolute atomic E-state index is 13.2. The SMILES string of the molecule is Cc1[nH]nc(-c2nc3ccc(C(C)C)cc3[nH]2)c1C(=O)NC1CN2CCC1CC2. The van der Waals surface area contributed by atoms with Gasteiger partial charge in [-0.3, -0.25) is 9.89 Å². The summed E-state index contributed by atoms with van der Waals surface area (Å²) in [5.41, 5.74) is 5.05. The van der Waals surface area contributed by atoms with Crippen molar-refractivity contribution in [3.05, 3.63) is 35.0 Å². The van der Waals surface area contributed by atoms with Gasteiger partial charge in [0.2, 0.25) is 0 Å². The predicted molar refractivity (Wildman–Crippen MR) is 113 cm³/mol. The Morgan fingerprint density at radius 1 is 1.28 bits per heavy atom. The lowest BCUT2D eigenvalue weighted by atomic mass is 9.84. The van der Waals surface area contributed by atoms with Crippen molar-refractivity contribution >= 4 is 16.9 Å². The summed E-state index contributed by atoms with van der Waals surface area (Å²) >= 11 is 0. The summed E-state index contributed by atoms with van der Waals surface area (Å²) < 4.78 is 0. The van der Waals surface area contributed by atoms with Crippen molar-refractivity contribution < 1.29 is 4.79 Å². The van der Waals surface area contributed by atoms with Crippen LogP contribution in [0.5, 0.6) is 0 Å². The Hall–Kier alpha value is -2.67. The number of rotatable bonds is 4. The average Bonchev–Trinajstić information content (AvgIpc) is 3.31. The van der Waals surface area contributed by atoms with Crippen LogP contribution in [0, 0.1) is 12.8 Å². The van der Waals surface area contributed by atoms with E-state index in [1.165, 1.54) is 18.4 Å². The summed E-state index contributed by atoms with van der Waals surface area (Å²) in [7, 11) is 0. The van der Waals surface area contributed by atoms with E-state index in [0.29, 0.717) is 28.9 Å². The summed E-state index contributed by atoms with van der Waals surface area (Å²) in [4.78, 5) is 23.7. The van der Waals surface area contributed by atoms with E-state index in [-0.39, 0.29) is 11.9 Å². The fourth-order valence-electron chi connectivity index (χ4n) is 4.75. The molecular weight excluding hydrogens is 364 g/mol. The highest BCUT2D eigenvalue weighted by Crippen LogP contribution is 2.29. The maximum atomic E-state index is 13.2. The Morgan fingerprint density at radius 3 is 2.76 bits per heavy atom. The fraction of sp³-hybridized carbons (Fsp3) is 0.500. The molecule has 0 saturated carbocycles. The number of aryl methyl sites for hydroxylation is 1. The summed E-state index contributed by atoms with van der Waals surface area (Å²) in [6, 6.07) is 6.48. The molecule has 0 aliphatic carbocycles. The highest BCUT2D eigenvalue weighted by atomic mass is 16.1. The van der Waals surface area contributed by atoms with Crippen LogP contribution in [-0.2, 0) is 0 Å². The largest absolute Gasteiger partial charge is 0.348 e. The molecule has 2 aromatic heterocycles. The minimum Gasteiger partial charge on any atom is -0.348 e. The molecule has 1 atom stereocenters. The van der Waals surface area contributed by atoms with Crippen LogP contribution in [0.4, 0.5) is 0 Å². The molecule has 5 heterocycles. The van der Waals surface area contributed by atoms with Gasteiger partial charge < -0.3 is 15.2 Å². The zero-order chi connectivity index (χ0) is 20.1. The molecule has 1 unspecified atom stereocenters. The van der Waals surface area contributed by atoms with Gasteiger partial charge in [0.1, 0.15) is 5.69 Å². The van der Waals surface area contributed by atoms with Crippen LogP contribution in [0.3, 0.4) is 0 Å². The van der Waals surface area contributed by atoms with Gasteiger partial charge in [-0.15, -0.1) is 0 Å². The van der Waals surface area contributed by atoms with Crippen LogP contribution < -0.4 is 5.32 Å². The van der Waals surface area contributed by atoms with Crippen LogP contribution in [-0.4, -0.2) is 56.6 Å². The third-order valence-corrected chi connectivity index (χ3v) is 6.54. The summed E-state index contributed by atoms with van der Waals surface area (Å²) in [5.74, 6) is 1.60. The number of aromatic amines is 2. The fourth-order valence-corrected chi connectivity index (χ4v) is 4.75. The van der Waals surface area contributed by atoms with E-state index in [4.69, 9.17) is 4.98 Å². The third kappa shape index (κ3) is 3.23. The van der Waals surface area contributed by atoms with E-state index in [1.54, 1.807) is 0 Å². The quantitative estimate of drug-likeness (QED) is 0.636. The molecule has 3 N–H and O–H groups in total. The van der Waals surface area contributed by atoms with E-state index in [9.17, 15) is 4.79 Å². The van der Waals surface area contributed by atoms with Crippen LogP contribution in [0.15, 0.2) is 18.2 Å². The second-order valence-electron chi connectivity index (χ2n) is 8.81. The Morgan fingerprint density at radius 2 is 2.07 bits per heavy atom. The number of nitrogens with one attached hydrogen (secondary N) is 3. The van der Waals surface area contributed by atoms with Crippen LogP contribution in [0.25, 0.3) is 22.6 Å². The van der Waals surface area contributed by atoms with Crippen molar-refractivity contribution in [2.24, 2.45) is 5.92 Å². The van der Waals surface area contributed by atoms with Gasteiger partial charge in [0.15, 0.2) is 5.82 Å². The van der Waals surface area contributed by atoms with E-state index < -0.39 is 0 Å². The Bertz CT molecular complexity index is 1060. The maximum Gasteiger partial charge on any atom is 0.255 e. The van der Waals surface area contributed by atoms with Gasteiger partial charge in [0, 0.05) is 18.3 Å². The van der Waals surface area contributed by atoms with Crippen LogP contribution in [0.2, 0.25) is 0 Å². The lowest BCUT2D eigenvalue weighted by Gasteiger charge is -2.44. The first-order valence-electron chi connectivity index (χ1n) is 10.6. The third-order valence-electron chi connectivity index (χ3n) is 6.54. The molecule has 1 amide bonds. The zero-order valence-corrected chi connectivity index (χ0v) is 17.2. The van der Waals surface area contributed by atoms with E-state index in [2.05, 4.69) is 51.4 Å². The molecule has 3 saturated heterocycles. The number of hydrogen-bond donors (Lipinski definition) is 3. The minimum absolute atomic E-state index is 0.0617.